The number of hydrogen-bond acceptors (Lipinski definition) is 6. The maximum atomic E-state index is 14.9. The summed E-state index contributed by atoms with van der Waals surface area (Å²) >= 11 is 0. The van der Waals surface area contributed by atoms with E-state index in [-0.39, 0.29) is 11.6 Å². The van der Waals surface area contributed by atoms with Crippen LogP contribution in [0.25, 0.3) is 11.0 Å². The number of ketones is 1. The number of anilines is 1. The van der Waals surface area contributed by atoms with Crippen molar-refractivity contribution in [3.05, 3.63) is 88.9 Å². The zero-order chi connectivity index (χ0) is 24.5. The monoisotopic (exact) mass is 476 g/mol. The van der Waals surface area contributed by atoms with Crippen molar-refractivity contribution in [3.8, 4) is 0 Å². The Kier molecular flexibility index (Phi) is 5.96. The molecule has 2 aromatic carbocycles. The fraction of sp³-hybridized carbons (Fsp3) is 0.200. The van der Waals surface area contributed by atoms with E-state index in [1.54, 1.807) is 0 Å². The molecule has 178 valence electrons. The second kappa shape index (κ2) is 9.22. The molecule has 1 amide bonds. The Hall–Kier alpha value is -4.18. The Bertz CT molecular complexity index is 1420. The van der Waals surface area contributed by atoms with Crippen LogP contribution in [0.15, 0.2) is 55.0 Å². The van der Waals surface area contributed by atoms with Crippen molar-refractivity contribution < 1.29 is 18.4 Å². The molecule has 2 aromatic heterocycles. The number of rotatable bonds is 7. The molecular weight excluding hydrogens is 454 g/mol. The molecule has 35 heavy (non-hydrogen) atoms. The Labute approximate surface area is 199 Å². The number of nitrogens with two attached hydrogens (primary N) is 1. The molecular formula is C25H22F2N6O2. The predicted octanol–water partition coefficient (Wildman–Crippen LogP) is 3.25. The van der Waals surface area contributed by atoms with Crippen LogP contribution in [0.3, 0.4) is 0 Å². The number of likely N-dealkylation sites (tertiary alicyclic amines) is 1. The second-order valence-electron chi connectivity index (χ2n) is 8.48. The highest BCUT2D eigenvalue weighted by Gasteiger charge is 2.28. The van der Waals surface area contributed by atoms with Crippen molar-refractivity contribution >= 4 is 28.5 Å². The molecule has 1 atom stereocenters. The molecule has 1 aliphatic rings. The van der Waals surface area contributed by atoms with Gasteiger partial charge in [-0.15, -0.1) is 0 Å². The van der Waals surface area contributed by atoms with E-state index in [1.165, 1.54) is 18.1 Å². The fourth-order valence-electron chi connectivity index (χ4n) is 4.47. The van der Waals surface area contributed by atoms with Crippen LogP contribution in [0.5, 0.6) is 0 Å². The predicted molar refractivity (Wildman–Crippen MR) is 126 cm³/mol. The first kappa shape index (κ1) is 22.6. The zero-order valence-corrected chi connectivity index (χ0v) is 18.6. The first-order valence-corrected chi connectivity index (χ1v) is 11.1. The summed E-state index contributed by atoms with van der Waals surface area (Å²) in [6.45, 7) is 2.47. The van der Waals surface area contributed by atoms with Crippen molar-refractivity contribution in [2.45, 2.75) is 19.0 Å². The third-order valence-corrected chi connectivity index (χ3v) is 6.16. The molecule has 4 N–H and O–H groups in total. The molecule has 1 unspecified atom stereocenters. The smallest absolute Gasteiger partial charge is 0.251 e. The summed E-state index contributed by atoms with van der Waals surface area (Å²) in [5, 5.41) is 3.69. The molecule has 1 saturated heterocycles. The maximum Gasteiger partial charge on any atom is 0.251 e. The van der Waals surface area contributed by atoms with E-state index in [4.69, 9.17) is 5.73 Å². The molecule has 1 aliphatic heterocycles. The van der Waals surface area contributed by atoms with Crippen LogP contribution in [0.2, 0.25) is 0 Å². The van der Waals surface area contributed by atoms with Crippen molar-refractivity contribution in [1.82, 2.24) is 19.9 Å². The molecule has 0 aliphatic carbocycles. The lowest BCUT2D eigenvalue weighted by Crippen LogP contribution is -2.26. The van der Waals surface area contributed by atoms with E-state index in [2.05, 4.69) is 37.3 Å². The van der Waals surface area contributed by atoms with Crippen molar-refractivity contribution in [2.24, 2.45) is 5.73 Å². The molecule has 0 bridgehead atoms. The molecule has 10 heteroatoms. The zero-order valence-electron chi connectivity index (χ0n) is 18.6. The number of nitrogens with zero attached hydrogens (tertiary/aromatic N) is 3. The summed E-state index contributed by atoms with van der Waals surface area (Å²) in [6.07, 6.45) is 3.54. The lowest BCUT2D eigenvalue weighted by molar-refractivity contribution is 0.0996. The summed E-state index contributed by atoms with van der Waals surface area (Å²) in [5.74, 6) is -4.04. The highest BCUT2D eigenvalue weighted by Crippen LogP contribution is 2.29. The van der Waals surface area contributed by atoms with Crippen LogP contribution >= 0.6 is 0 Å². The van der Waals surface area contributed by atoms with Crippen LogP contribution in [-0.2, 0) is 6.54 Å². The van der Waals surface area contributed by atoms with Crippen molar-refractivity contribution in [3.63, 3.8) is 0 Å². The normalized spacial score (nSPS) is 16.0. The Morgan fingerprint density at radius 3 is 2.69 bits per heavy atom. The molecule has 4 aromatic rings. The SMILES string of the molecule is NC(=O)c1ccc(F)c(C(=O)c2c[nH]c3ncnc(NC4CCN(Cc5ccccc5)C4)c23)c1F. The quantitative estimate of drug-likeness (QED) is 0.353. The average molecular weight is 476 g/mol. The van der Waals surface area contributed by atoms with Crippen LogP contribution in [0.1, 0.15) is 38.3 Å². The van der Waals surface area contributed by atoms with Gasteiger partial charge in [0, 0.05) is 31.9 Å². The number of carbonyl (C=O) groups is 2. The van der Waals surface area contributed by atoms with Gasteiger partial charge in [-0.3, -0.25) is 14.5 Å². The average Bonchev–Trinajstić information content (AvgIpc) is 3.47. The summed E-state index contributed by atoms with van der Waals surface area (Å²) in [5.41, 5.74) is 5.30. The summed E-state index contributed by atoms with van der Waals surface area (Å²) < 4.78 is 29.4. The third kappa shape index (κ3) is 4.35. The third-order valence-electron chi connectivity index (χ3n) is 6.16. The Balaban J connectivity index is 1.43. The number of fused-ring (bicyclic) bond motifs is 1. The standard InChI is InChI=1S/C25H22F2N6O2/c26-18-7-6-16(23(28)35)21(27)20(18)22(34)17-10-29-24-19(17)25(31-13-30-24)32-15-8-9-33(12-15)11-14-4-2-1-3-5-14/h1-7,10,13,15H,8-9,11-12H2,(H2,28,35)(H2,29,30,31,32). The number of benzene rings is 2. The molecule has 0 saturated carbocycles. The number of amides is 1. The van der Waals surface area contributed by atoms with Gasteiger partial charge in [0.15, 0.2) is 0 Å². The van der Waals surface area contributed by atoms with Gasteiger partial charge in [-0.1, -0.05) is 30.3 Å². The van der Waals surface area contributed by atoms with Gasteiger partial charge in [0.05, 0.1) is 22.1 Å². The first-order chi connectivity index (χ1) is 16.9. The molecule has 5 rings (SSSR count). The maximum absolute atomic E-state index is 14.9. The number of carbonyl (C=O) groups excluding carboxylic acids is 2. The number of aromatic amines is 1. The Morgan fingerprint density at radius 1 is 1.11 bits per heavy atom. The van der Waals surface area contributed by atoms with Crippen LogP contribution in [0, 0.1) is 11.6 Å². The largest absolute Gasteiger partial charge is 0.366 e. The summed E-state index contributed by atoms with van der Waals surface area (Å²) in [4.78, 5) is 38.4. The number of aromatic nitrogens is 3. The van der Waals surface area contributed by atoms with Crippen LogP contribution in [-0.4, -0.2) is 50.7 Å². The van der Waals surface area contributed by atoms with Gasteiger partial charge < -0.3 is 16.0 Å². The van der Waals surface area contributed by atoms with E-state index in [9.17, 15) is 18.4 Å². The van der Waals surface area contributed by atoms with Crippen LogP contribution in [0.4, 0.5) is 14.6 Å². The van der Waals surface area contributed by atoms with Gasteiger partial charge in [-0.2, -0.15) is 0 Å². The van der Waals surface area contributed by atoms with E-state index < -0.39 is 34.5 Å². The number of halogens is 2. The van der Waals surface area contributed by atoms with Gasteiger partial charge >= 0.3 is 0 Å². The Morgan fingerprint density at radius 2 is 1.91 bits per heavy atom. The second-order valence-corrected chi connectivity index (χ2v) is 8.48. The van der Waals surface area contributed by atoms with E-state index >= 15 is 0 Å². The minimum atomic E-state index is -1.30. The highest BCUT2D eigenvalue weighted by atomic mass is 19.1. The number of hydrogen-bond donors (Lipinski definition) is 3. The number of H-pyrrole nitrogens is 1. The number of nitrogens with one attached hydrogen (secondary N) is 2. The minimum Gasteiger partial charge on any atom is -0.366 e. The summed E-state index contributed by atoms with van der Waals surface area (Å²) in [7, 11) is 0. The van der Waals surface area contributed by atoms with E-state index in [0.717, 1.165) is 38.2 Å². The lowest BCUT2D eigenvalue weighted by atomic mass is 9.99. The molecule has 0 radical (unpaired) electrons. The topological polar surface area (TPSA) is 117 Å². The number of primary amides is 1. The highest BCUT2D eigenvalue weighted by molar-refractivity contribution is 6.18. The molecule has 3 heterocycles. The molecule has 1 fully saturated rings. The minimum absolute atomic E-state index is 0.0124. The van der Waals surface area contributed by atoms with Crippen molar-refractivity contribution in [2.75, 3.05) is 18.4 Å². The molecule has 0 spiro atoms. The van der Waals surface area contributed by atoms with Gasteiger partial charge in [-0.05, 0) is 24.1 Å². The van der Waals surface area contributed by atoms with Crippen LogP contribution < -0.4 is 11.1 Å². The lowest BCUT2D eigenvalue weighted by Gasteiger charge is -2.17. The van der Waals surface area contributed by atoms with Gasteiger partial charge in [-0.25, -0.2) is 18.7 Å². The molecule has 8 nitrogen and oxygen atoms in total. The first-order valence-electron chi connectivity index (χ1n) is 11.1. The van der Waals surface area contributed by atoms with Gasteiger partial charge in [0.2, 0.25) is 5.78 Å². The van der Waals surface area contributed by atoms with Gasteiger partial charge in [0.1, 0.15) is 29.4 Å². The van der Waals surface area contributed by atoms with E-state index in [1.807, 2.05) is 18.2 Å². The summed E-state index contributed by atoms with van der Waals surface area (Å²) in [6, 6.07) is 12.0. The fourth-order valence-corrected chi connectivity index (χ4v) is 4.47. The van der Waals surface area contributed by atoms with Crippen molar-refractivity contribution in [1.29, 1.82) is 0 Å². The van der Waals surface area contributed by atoms with Gasteiger partial charge in [0.25, 0.3) is 5.91 Å². The van der Waals surface area contributed by atoms with E-state index in [0.29, 0.717) is 16.9 Å².